The summed E-state index contributed by atoms with van der Waals surface area (Å²) in [6.07, 6.45) is 2.33. The summed E-state index contributed by atoms with van der Waals surface area (Å²) < 4.78 is 0. The van der Waals surface area contributed by atoms with Crippen molar-refractivity contribution in [3.8, 4) is 0 Å². The van der Waals surface area contributed by atoms with E-state index in [2.05, 4.69) is 25.7 Å². The van der Waals surface area contributed by atoms with Crippen molar-refractivity contribution in [2.45, 2.75) is 59.1 Å². The maximum atomic E-state index is 9.72. The molecule has 0 amide bonds. The molecule has 1 N–H and O–H groups in total. The molecular weight excluding hydrogens is 162 g/mol. The van der Waals surface area contributed by atoms with Crippen LogP contribution >= 0.6 is 0 Å². The fraction of sp³-hybridized carbons (Fsp3) is 1.00. The number of rotatable bonds is 6. The molecule has 0 fully saturated rings. The van der Waals surface area contributed by atoms with Crippen LogP contribution in [0.2, 0.25) is 0 Å². The summed E-state index contributed by atoms with van der Waals surface area (Å²) >= 11 is 0. The minimum atomic E-state index is -0.571. The molecule has 2 nitrogen and oxygen atoms in total. The highest BCUT2D eigenvalue weighted by molar-refractivity contribution is 4.76. The highest BCUT2D eigenvalue weighted by atomic mass is 16.3. The normalized spacial score (nSPS) is 12.9. The molecule has 0 aliphatic rings. The Labute approximate surface area is 82.9 Å². The number of hydrogen-bond acceptors (Lipinski definition) is 2. The van der Waals surface area contributed by atoms with Crippen LogP contribution in [0.1, 0.15) is 47.5 Å². The minimum absolute atomic E-state index is 0.571. The third-order valence-corrected chi connectivity index (χ3v) is 2.46. The first-order valence-electron chi connectivity index (χ1n) is 5.41. The molecule has 0 aliphatic carbocycles. The second-order valence-electron chi connectivity index (χ2n) is 4.35. The lowest BCUT2D eigenvalue weighted by molar-refractivity contribution is 0.0212. The van der Waals surface area contributed by atoms with Gasteiger partial charge in [-0.1, -0.05) is 20.8 Å². The van der Waals surface area contributed by atoms with Crippen molar-refractivity contribution in [1.29, 1.82) is 0 Å². The summed E-state index contributed by atoms with van der Waals surface area (Å²) in [7, 11) is 0. The van der Waals surface area contributed by atoms with Gasteiger partial charge in [-0.25, -0.2) is 0 Å². The van der Waals surface area contributed by atoms with E-state index in [1.807, 2.05) is 13.8 Å². The molecule has 0 spiro atoms. The Morgan fingerprint density at radius 3 is 1.85 bits per heavy atom. The summed E-state index contributed by atoms with van der Waals surface area (Å²) in [6, 6.07) is 0.622. The van der Waals surface area contributed by atoms with Crippen LogP contribution in [-0.4, -0.2) is 34.7 Å². The fourth-order valence-corrected chi connectivity index (χ4v) is 1.80. The van der Waals surface area contributed by atoms with Gasteiger partial charge in [0, 0.05) is 12.6 Å². The molecule has 0 heterocycles. The first-order valence-corrected chi connectivity index (χ1v) is 5.41. The third-order valence-electron chi connectivity index (χ3n) is 2.46. The smallest absolute Gasteiger partial charge is 0.0718 e. The second-order valence-corrected chi connectivity index (χ2v) is 4.35. The van der Waals surface area contributed by atoms with Crippen LogP contribution in [0.15, 0.2) is 0 Å². The topological polar surface area (TPSA) is 23.5 Å². The molecule has 0 aromatic rings. The maximum absolute atomic E-state index is 9.72. The number of likely N-dealkylation sites (N-methyl/N-ethyl adjacent to an activating group) is 1. The average molecular weight is 187 g/mol. The molecule has 0 aromatic heterocycles. The van der Waals surface area contributed by atoms with E-state index in [9.17, 15) is 5.11 Å². The summed E-state index contributed by atoms with van der Waals surface area (Å²) in [4.78, 5) is 2.36. The van der Waals surface area contributed by atoms with Gasteiger partial charge in [-0.2, -0.15) is 0 Å². The quantitative estimate of drug-likeness (QED) is 0.689. The Morgan fingerprint density at radius 2 is 1.62 bits per heavy atom. The van der Waals surface area contributed by atoms with Crippen molar-refractivity contribution in [1.82, 2.24) is 4.90 Å². The van der Waals surface area contributed by atoms with Crippen LogP contribution < -0.4 is 0 Å². The zero-order chi connectivity index (χ0) is 10.5. The molecule has 0 atom stereocenters. The van der Waals surface area contributed by atoms with Crippen molar-refractivity contribution in [2.24, 2.45) is 0 Å². The molecule has 0 bridgehead atoms. The summed E-state index contributed by atoms with van der Waals surface area (Å²) in [5.41, 5.74) is -0.571. The molecular formula is C11H25NO. The van der Waals surface area contributed by atoms with Crippen LogP contribution in [-0.2, 0) is 0 Å². The van der Waals surface area contributed by atoms with Crippen molar-refractivity contribution in [2.75, 3.05) is 13.1 Å². The highest BCUT2D eigenvalue weighted by Gasteiger charge is 2.21. The van der Waals surface area contributed by atoms with E-state index in [4.69, 9.17) is 0 Å². The number of aliphatic hydroxyl groups is 1. The molecule has 0 aliphatic heterocycles. The molecule has 80 valence electrons. The van der Waals surface area contributed by atoms with E-state index in [1.165, 1.54) is 12.8 Å². The van der Waals surface area contributed by atoms with Gasteiger partial charge in [0.1, 0.15) is 0 Å². The first kappa shape index (κ1) is 12.9. The Kier molecular flexibility index (Phi) is 5.57. The largest absolute Gasteiger partial charge is 0.389 e. The van der Waals surface area contributed by atoms with Crippen molar-refractivity contribution >= 4 is 0 Å². The molecule has 0 saturated carbocycles. The molecule has 0 radical (unpaired) electrons. The van der Waals surface area contributed by atoms with Crippen LogP contribution in [0.4, 0.5) is 0 Å². The van der Waals surface area contributed by atoms with Gasteiger partial charge in [0.15, 0.2) is 0 Å². The van der Waals surface area contributed by atoms with Gasteiger partial charge in [0.25, 0.3) is 0 Å². The molecule has 0 aromatic carbocycles. The van der Waals surface area contributed by atoms with Crippen LogP contribution in [0.25, 0.3) is 0 Å². The van der Waals surface area contributed by atoms with E-state index in [0.29, 0.717) is 6.04 Å². The van der Waals surface area contributed by atoms with Crippen molar-refractivity contribution < 1.29 is 5.11 Å². The van der Waals surface area contributed by atoms with Gasteiger partial charge in [-0.3, -0.25) is 4.90 Å². The second kappa shape index (κ2) is 5.61. The first-order chi connectivity index (χ1) is 5.94. The van der Waals surface area contributed by atoms with Crippen LogP contribution in [0, 0.1) is 0 Å². The van der Waals surface area contributed by atoms with Gasteiger partial charge in [-0.15, -0.1) is 0 Å². The SMILES string of the molecule is CCC(CC)N(CC)CC(C)(C)O. The fourth-order valence-electron chi connectivity index (χ4n) is 1.80. The van der Waals surface area contributed by atoms with Gasteiger partial charge in [0.2, 0.25) is 0 Å². The van der Waals surface area contributed by atoms with Crippen molar-refractivity contribution in [3.05, 3.63) is 0 Å². The zero-order valence-corrected chi connectivity index (χ0v) is 9.80. The monoisotopic (exact) mass is 187 g/mol. The lowest BCUT2D eigenvalue weighted by atomic mass is 10.1. The maximum Gasteiger partial charge on any atom is 0.0718 e. The summed E-state index contributed by atoms with van der Waals surface area (Å²) in [6.45, 7) is 12.1. The van der Waals surface area contributed by atoms with Gasteiger partial charge >= 0.3 is 0 Å². The van der Waals surface area contributed by atoms with Crippen molar-refractivity contribution in [3.63, 3.8) is 0 Å². The molecule has 2 heteroatoms. The number of hydrogen-bond donors (Lipinski definition) is 1. The third kappa shape index (κ3) is 5.27. The zero-order valence-electron chi connectivity index (χ0n) is 9.80. The van der Waals surface area contributed by atoms with E-state index in [1.54, 1.807) is 0 Å². The van der Waals surface area contributed by atoms with Gasteiger partial charge in [0.05, 0.1) is 5.60 Å². The average Bonchev–Trinajstić information content (AvgIpc) is 2.02. The van der Waals surface area contributed by atoms with E-state index < -0.39 is 5.60 Å². The predicted molar refractivity (Wildman–Crippen MR) is 57.9 cm³/mol. The summed E-state index contributed by atoms with van der Waals surface area (Å²) in [5, 5.41) is 9.72. The lowest BCUT2D eigenvalue weighted by Crippen LogP contribution is -2.43. The highest BCUT2D eigenvalue weighted by Crippen LogP contribution is 2.12. The van der Waals surface area contributed by atoms with E-state index >= 15 is 0 Å². The summed E-state index contributed by atoms with van der Waals surface area (Å²) in [5.74, 6) is 0. The van der Waals surface area contributed by atoms with Crippen LogP contribution in [0.5, 0.6) is 0 Å². The minimum Gasteiger partial charge on any atom is -0.389 e. The molecule has 0 unspecified atom stereocenters. The molecule has 13 heavy (non-hydrogen) atoms. The number of nitrogens with zero attached hydrogens (tertiary/aromatic N) is 1. The standard InChI is InChI=1S/C11H25NO/c1-6-10(7-2)12(8-3)9-11(4,5)13/h10,13H,6-9H2,1-5H3. The van der Waals surface area contributed by atoms with Gasteiger partial charge in [-0.05, 0) is 33.2 Å². The van der Waals surface area contributed by atoms with Crippen LogP contribution in [0.3, 0.4) is 0 Å². The van der Waals surface area contributed by atoms with Gasteiger partial charge < -0.3 is 5.11 Å². The van der Waals surface area contributed by atoms with E-state index in [-0.39, 0.29) is 0 Å². The Morgan fingerprint density at radius 1 is 1.15 bits per heavy atom. The Hall–Kier alpha value is -0.0800. The molecule has 0 rings (SSSR count). The predicted octanol–water partition coefficient (Wildman–Crippen LogP) is 2.27. The van der Waals surface area contributed by atoms with E-state index in [0.717, 1.165) is 13.1 Å². The molecule has 0 saturated heterocycles. The Bertz CT molecular complexity index is 125. The lowest BCUT2D eigenvalue weighted by Gasteiger charge is -2.33. The Balaban J connectivity index is 4.15.